The van der Waals surface area contributed by atoms with Crippen LogP contribution in [0.5, 0.6) is 0 Å². The van der Waals surface area contributed by atoms with Crippen molar-refractivity contribution in [2.75, 3.05) is 0 Å². The van der Waals surface area contributed by atoms with Crippen molar-refractivity contribution in [3.05, 3.63) is 16.1 Å². The monoisotopic (exact) mass is 360 g/mol. The van der Waals surface area contributed by atoms with E-state index in [2.05, 4.69) is 41.8 Å². The number of rotatable bonds is 10. The summed E-state index contributed by atoms with van der Waals surface area (Å²) in [6.45, 7) is 6.64. The van der Waals surface area contributed by atoms with Crippen LogP contribution in [0.4, 0.5) is 4.39 Å². The second-order valence-electron chi connectivity index (χ2n) is 6.41. The summed E-state index contributed by atoms with van der Waals surface area (Å²) in [6.07, 6.45) is 10.5. The highest BCUT2D eigenvalue weighted by Crippen LogP contribution is 2.40. The second kappa shape index (κ2) is 8.92. The smallest absolute Gasteiger partial charge is 0.216 e. The van der Waals surface area contributed by atoms with Crippen LogP contribution in [0.1, 0.15) is 84.1 Å². The highest BCUT2D eigenvalue weighted by molar-refractivity contribution is 9.10. The van der Waals surface area contributed by atoms with Gasteiger partial charge in [-0.1, -0.05) is 65.7 Å². The minimum atomic E-state index is -0.184. The Labute approximate surface area is 137 Å². The molecule has 0 saturated heterocycles. The number of hydrogen-bond acceptors (Lipinski definition) is 1. The van der Waals surface area contributed by atoms with Gasteiger partial charge in [-0.2, -0.15) is 9.49 Å². The topological polar surface area (TPSA) is 17.8 Å². The Bertz CT molecular complexity index is 431. The van der Waals surface area contributed by atoms with Gasteiger partial charge in [0, 0.05) is 12.6 Å². The van der Waals surface area contributed by atoms with E-state index in [-0.39, 0.29) is 11.4 Å². The standard InChI is InChI=1S/C17H30BrFN2/c1-5-7-9-11-13-17(3,12-10-8-6-2)14-15(18)20-21(4)16(14)19/h5-13H2,1-4H3. The fourth-order valence-electron chi connectivity index (χ4n) is 3.05. The van der Waals surface area contributed by atoms with Crippen LogP contribution in [0.25, 0.3) is 0 Å². The minimum absolute atomic E-state index is 0.111. The molecule has 21 heavy (non-hydrogen) atoms. The lowest BCUT2D eigenvalue weighted by atomic mass is 9.75. The normalized spacial score (nSPS) is 14.4. The van der Waals surface area contributed by atoms with Crippen molar-refractivity contribution in [2.45, 2.75) is 84.0 Å². The summed E-state index contributed by atoms with van der Waals surface area (Å²) in [6, 6.07) is 0. The molecule has 0 bridgehead atoms. The molecule has 1 aromatic heterocycles. The van der Waals surface area contributed by atoms with Gasteiger partial charge in [0.05, 0.1) is 0 Å². The molecule has 0 aliphatic carbocycles. The van der Waals surface area contributed by atoms with Gasteiger partial charge in [0.1, 0.15) is 4.60 Å². The van der Waals surface area contributed by atoms with Crippen molar-refractivity contribution in [3.63, 3.8) is 0 Å². The third kappa shape index (κ3) is 5.08. The highest BCUT2D eigenvalue weighted by Gasteiger charge is 2.33. The van der Waals surface area contributed by atoms with Gasteiger partial charge in [-0.05, 0) is 34.2 Å². The molecule has 1 unspecified atom stereocenters. The average Bonchev–Trinajstić information content (AvgIpc) is 2.69. The van der Waals surface area contributed by atoms with Crippen LogP contribution in [0.2, 0.25) is 0 Å². The van der Waals surface area contributed by atoms with Gasteiger partial charge in [0.25, 0.3) is 0 Å². The molecule has 0 spiro atoms. The lowest BCUT2D eigenvalue weighted by Crippen LogP contribution is -2.24. The SMILES string of the molecule is CCCCCCC(C)(CCCCC)c1c(Br)nn(C)c1F. The van der Waals surface area contributed by atoms with E-state index in [1.165, 1.54) is 36.8 Å². The molecule has 0 N–H and O–H groups in total. The molecule has 0 radical (unpaired) electrons. The maximum absolute atomic E-state index is 14.5. The molecule has 1 atom stereocenters. The van der Waals surface area contributed by atoms with Gasteiger partial charge in [-0.25, -0.2) is 4.68 Å². The first-order valence-electron chi connectivity index (χ1n) is 8.34. The van der Waals surface area contributed by atoms with Crippen molar-refractivity contribution in [3.8, 4) is 0 Å². The van der Waals surface area contributed by atoms with Crippen LogP contribution < -0.4 is 0 Å². The number of aryl methyl sites for hydroxylation is 1. The van der Waals surface area contributed by atoms with Crippen molar-refractivity contribution in [2.24, 2.45) is 7.05 Å². The van der Waals surface area contributed by atoms with E-state index in [9.17, 15) is 4.39 Å². The Kier molecular flexibility index (Phi) is 7.93. The minimum Gasteiger partial charge on any atom is -0.241 e. The first-order chi connectivity index (χ1) is 9.96. The molecule has 0 fully saturated rings. The van der Waals surface area contributed by atoms with Gasteiger partial charge in [-0.15, -0.1) is 0 Å². The van der Waals surface area contributed by atoms with E-state index >= 15 is 0 Å². The zero-order valence-corrected chi connectivity index (χ0v) is 15.6. The molecule has 1 heterocycles. The van der Waals surface area contributed by atoms with E-state index in [1.54, 1.807) is 7.05 Å². The molecular weight excluding hydrogens is 331 g/mol. The van der Waals surface area contributed by atoms with Gasteiger partial charge in [-0.3, -0.25) is 0 Å². The molecular formula is C17H30BrFN2. The maximum atomic E-state index is 14.5. The predicted molar refractivity (Wildman–Crippen MR) is 91.1 cm³/mol. The Balaban J connectivity index is 2.88. The molecule has 0 aliphatic heterocycles. The summed E-state index contributed by atoms with van der Waals surface area (Å²) in [7, 11) is 1.67. The number of nitrogens with zero attached hydrogens (tertiary/aromatic N) is 2. The summed E-state index contributed by atoms with van der Waals surface area (Å²) < 4.78 is 16.5. The van der Waals surface area contributed by atoms with Crippen LogP contribution in [-0.2, 0) is 12.5 Å². The molecule has 1 aromatic rings. The first-order valence-corrected chi connectivity index (χ1v) is 9.14. The summed E-state index contributed by atoms with van der Waals surface area (Å²) in [5.74, 6) is -0.184. The zero-order chi connectivity index (χ0) is 15.9. The van der Waals surface area contributed by atoms with E-state index in [0.29, 0.717) is 4.60 Å². The van der Waals surface area contributed by atoms with Crippen molar-refractivity contribution in [1.29, 1.82) is 0 Å². The highest BCUT2D eigenvalue weighted by atomic mass is 79.9. The quantitative estimate of drug-likeness (QED) is 0.458. The van der Waals surface area contributed by atoms with Gasteiger partial charge in [0.2, 0.25) is 5.95 Å². The van der Waals surface area contributed by atoms with Crippen LogP contribution >= 0.6 is 15.9 Å². The van der Waals surface area contributed by atoms with Crippen molar-refractivity contribution in [1.82, 2.24) is 9.78 Å². The van der Waals surface area contributed by atoms with E-state index < -0.39 is 0 Å². The van der Waals surface area contributed by atoms with Crippen LogP contribution in [-0.4, -0.2) is 9.78 Å². The molecule has 122 valence electrons. The third-order valence-corrected chi connectivity index (χ3v) is 5.01. The molecule has 0 saturated carbocycles. The Morgan fingerprint density at radius 2 is 1.57 bits per heavy atom. The summed E-state index contributed by atoms with van der Waals surface area (Å²) in [5, 5.41) is 4.21. The largest absolute Gasteiger partial charge is 0.241 e. The second-order valence-corrected chi connectivity index (χ2v) is 7.16. The fourth-order valence-corrected chi connectivity index (χ4v) is 3.93. The summed E-state index contributed by atoms with van der Waals surface area (Å²) in [5.41, 5.74) is 0.665. The molecule has 0 amide bonds. The average molecular weight is 361 g/mol. The molecule has 0 aromatic carbocycles. The van der Waals surface area contributed by atoms with Crippen LogP contribution in [0.3, 0.4) is 0 Å². The van der Waals surface area contributed by atoms with E-state index in [1.807, 2.05) is 0 Å². The van der Waals surface area contributed by atoms with Gasteiger partial charge in [0.15, 0.2) is 0 Å². The van der Waals surface area contributed by atoms with Crippen molar-refractivity contribution >= 4 is 15.9 Å². The first kappa shape index (κ1) is 18.7. The Hall–Kier alpha value is -0.380. The van der Waals surface area contributed by atoms with Crippen molar-refractivity contribution < 1.29 is 4.39 Å². The van der Waals surface area contributed by atoms with Gasteiger partial charge < -0.3 is 0 Å². The maximum Gasteiger partial charge on any atom is 0.216 e. The summed E-state index contributed by atoms with van der Waals surface area (Å²) in [4.78, 5) is 0. The summed E-state index contributed by atoms with van der Waals surface area (Å²) >= 11 is 3.46. The fraction of sp³-hybridized carbons (Fsp3) is 0.824. The van der Waals surface area contributed by atoms with Crippen LogP contribution in [0, 0.1) is 5.95 Å². The Morgan fingerprint density at radius 3 is 2.05 bits per heavy atom. The molecule has 1 rings (SSSR count). The third-order valence-electron chi connectivity index (χ3n) is 4.45. The van der Waals surface area contributed by atoms with Gasteiger partial charge >= 0.3 is 0 Å². The lowest BCUT2D eigenvalue weighted by molar-refractivity contribution is 0.346. The number of halogens is 2. The van der Waals surface area contributed by atoms with Crippen LogP contribution in [0.15, 0.2) is 4.60 Å². The number of aromatic nitrogens is 2. The molecule has 2 nitrogen and oxygen atoms in total. The molecule has 4 heteroatoms. The number of hydrogen-bond donors (Lipinski definition) is 0. The predicted octanol–water partition coefficient (Wildman–Crippen LogP) is 6.13. The number of unbranched alkanes of at least 4 members (excludes halogenated alkanes) is 5. The molecule has 0 aliphatic rings. The van der Waals surface area contributed by atoms with E-state index in [4.69, 9.17) is 0 Å². The lowest BCUT2D eigenvalue weighted by Gasteiger charge is -2.29. The zero-order valence-electron chi connectivity index (χ0n) is 14.0. The Morgan fingerprint density at radius 1 is 1.05 bits per heavy atom. The van der Waals surface area contributed by atoms with E-state index in [0.717, 1.165) is 31.2 Å².